The van der Waals surface area contributed by atoms with Crippen LogP contribution in [0.25, 0.3) is 5.65 Å². The predicted octanol–water partition coefficient (Wildman–Crippen LogP) is 3.17. The molecule has 4 nitrogen and oxygen atoms in total. The molecule has 0 unspecified atom stereocenters. The first-order valence-corrected chi connectivity index (χ1v) is 6.56. The van der Waals surface area contributed by atoms with E-state index in [9.17, 15) is 4.79 Å². The predicted molar refractivity (Wildman–Crippen MR) is 79.0 cm³/mol. The summed E-state index contributed by atoms with van der Waals surface area (Å²) in [4.78, 5) is 16.3. The summed E-state index contributed by atoms with van der Waals surface area (Å²) in [5.41, 5.74) is 1.71. The molecule has 0 aliphatic rings. The molecule has 100 valence electrons. The Bertz CT molecular complexity index is 716. The Morgan fingerprint density at radius 3 is 2.75 bits per heavy atom. The van der Waals surface area contributed by atoms with Gasteiger partial charge < -0.3 is 9.72 Å². The highest BCUT2D eigenvalue weighted by atomic mass is 35.5. The zero-order valence-electron chi connectivity index (χ0n) is 10.6. The van der Waals surface area contributed by atoms with Gasteiger partial charge in [-0.1, -0.05) is 29.8 Å². The molecular weight excluding hydrogens is 274 g/mol. The fourth-order valence-electron chi connectivity index (χ4n) is 1.97. The summed E-state index contributed by atoms with van der Waals surface area (Å²) < 4.78 is 1.86. The molecule has 3 rings (SSSR count). The van der Waals surface area contributed by atoms with Crippen LogP contribution in [0.5, 0.6) is 0 Å². The van der Waals surface area contributed by atoms with Gasteiger partial charge in [0.2, 0.25) is 5.91 Å². The molecule has 0 radical (unpaired) electrons. The number of pyridine rings is 1. The van der Waals surface area contributed by atoms with Gasteiger partial charge in [0.15, 0.2) is 5.82 Å². The van der Waals surface area contributed by atoms with Crippen LogP contribution >= 0.6 is 11.6 Å². The first-order chi connectivity index (χ1) is 9.70. The highest BCUT2D eigenvalue weighted by Gasteiger charge is 2.07. The second kappa shape index (κ2) is 5.35. The van der Waals surface area contributed by atoms with E-state index >= 15 is 0 Å². The SMILES string of the molecule is O=C(Cc1ccc(Cl)cc1)Nc1cn2ccccc2n1. The summed E-state index contributed by atoms with van der Waals surface area (Å²) in [6.07, 6.45) is 3.97. The lowest BCUT2D eigenvalue weighted by atomic mass is 10.1. The van der Waals surface area contributed by atoms with Crippen molar-refractivity contribution < 1.29 is 4.79 Å². The number of carbonyl (C=O) groups excluding carboxylic acids is 1. The Hall–Kier alpha value is -2.33. The average molecular weight is 286 g/mol. The van der Waals surface area contributed by atoms with Crippen LogP contribution in [-0.2, 0) is 11.2 Å². The minimum atomic E-state index is -0.101. The Labute approximate surface area is 121 Å². The number of halogens is 1. The number of hydrogen-bond donors (Lipinski definition) is 1. The molecule has 0 atom stereocenters. The summed E-state index contributed by atoms with van der Waals surface area (Å²) in [6.45, 7) is 0. The lowest BCUT2D eigenvalue weighted by Gasteiger charge is -2.02. The van der Waals surface area contributed by atoms with Crippen LogP contribution in [-0.4, -0.2) is 15.3 Å². The standard InChI is InChI=1S/C15H12ClN3O/c16-12-6-4-11(5-7-12)9-15(20)18-13-10-19-8-2-1-3-14(19)17-13/h1-8,10H,9H2,(H,18,20). The minimum Gasteiger partial charge on any atom is -0.309 e. The first-order valence-electron chi connectivity index (χ1n) is 6.19. The van der Waals surface area contributed by atoms with E-state index in [1.807, 2.05) is 40.9 Å². The maximum absolute atomic E-state index is 12.0. The number of carbonyl (C=O) groups is 1. The van der Waals surface area contributed by atoms with Crippen LogP contribution in [0, 0.1) is 0 Å². The van der Waals surface area contributed by atoms with Gasteiger partial charge in [-0.2, -0.15) is 0 Å². The fraction of sp³-hybridized carbons (Fsp3) is 0.0667. The molecule has 0 aliphatic heterocycles. The summed E-state index contributed by atoms with van der Waals surface area (Å²) in [6, 6.07) is 12.9. The number of anilines is 1. The van der Waals surface area contributed by atoms with Crippen LogP contribution in [0.2, 0.25) is 5.02 Å². The Balaban J connectivity index is 1.70. The number of nitrogens with zero attached hydrogens (tertiary/aromatic N) is 2. The van der Waals surface area contributed by atoms with E-state index in [1.165, 1.54) is 0 Å². The monoisotopic (exact) mass is 285 g/mol. The maximum atomic E-state index is 12.0. The van der Waals surface area contributed by atoms with Crippen molar-refractivity contribution in [2.75, 3.05) is 5.32 Å². The molecule has 1 N–H and O–H groups in total. The normalized spacial score (nSPS) is 10.7. The third-order valence-electron chi connectivity index (χ3n) is 2.91. The van der Waals surface area contributed by atoms with Crippen LogP contribution in [0.15, 0.2) is 54.9 Å². The topological polar surface area (TPSA) is 46.4 Å². The van der Waals surface area contributed by atoms with Gasteiger partial charge in [0.1, 0.15) is 5.65 Å². The zero-order chi connectivity index (χ0) is 13.9. The van der Waals surface area contributed by atoms with Crippen LogP contribution in [0.3, 0.4) is 0 Å². The van der Waals surface area contributed by atoms with Gasteiger partial charge in [0, 0.05) is 11.2 Å². The van der Waals surface area contributed by atoms with E-state index in [0.717, 1.165) is 11.2 Å². The first kappa shape index (κ1) is 12.7. The second-order valence-corrected chi connectivity index (χ2v) is 4.88. The van der Waals surface area contributed by atoms with Crippen molar-refractivity contribution in [1.29, 1.82) is 0 Å². The lowest BCUT2D eigenvalue weighted by Crippen LogP contribution is -2.14. The van der Waals surface area contributed by atoms with E-state index < -0.39 is 0 Å². The molecule has 0 aliphatic carbocycles. The van der Waals surface area contributed by atoms with E-state index in [1.54, 1.807) is 18.3 Å². The van der Waals surface area contributed by atoms with Gasteiger partial charge in [-0.3, -0.25) is 4.79 Å². The molecule has 1 aromatic carbocycles. The van der Waals surface area contributed by atoms with Gasteiger partial charge in [-0.05, 0) is 29.8 Å². The molecule has 5 heteroatoms. The van der Waals surface area contributed by atoms with E-state index in [-0.39, 0.29) is 5.91 Å². The van der Waals surface area contributed by atoms with Crippen molar-refractivity contribution in [1.82, 2.24) is 9.38 Å². The number of amides is 1. The molecule has 0 bridgehead atoms. The van der Waals surface area contributed by atoms with Gasteiger partial charge in [-0.15, -0.1) is 0 Å². The van der Waals surface area contributed by atoms with Crippen LogP contribution < -0.4 is 5.32 Å². The quantitative estimate of drug-likeness (QED) is 0.803. The van der Waals surface area contributed by atoms with Crippen LogP contribution in [0.4, 0.5) is 5.82 Å². The minimum absolute atomic E-state index is 0.101. The number of benzene rings is 1. The number of rotatable bonds is 3. The number of hydrogen-bond acceptors (Lipinski definition) is 2. The maximum Gasteiger partial charge on any atom is 0.229 e. The summed E-state index contributed by atoms with van der Waals surface area (Å²) in [5.74, 6) is 0.450. The van der Waals surface area contributed by atoms with Crippen molar-refractivity contribution in [3.63, 3.8) is 0 Å². The molecule has 1 amide bonds. The van der Waals surface area contributed by atoms with E-state index in [2.05, 4.69) is 10.3 Å². The average Bonchev–Trinajstić information content (AvgIpc) is 2.83. The Morgan fingerprint density at radius 2 is 2.00 bits per heavy atom. The third kappa shape index (κ3) is 2.81. The smallest absolute Gasteiger partial charge is 0.229 e. The van der Waals surface area contributed by atoms with Crippen molar-refractivity contribution in [2.24, 2.45) is 0 Å². The highest BCUT2D eigenvalue weighted by molar-refractivity contribution is 6.30. The largest absolute Gasteiger partial charge is 0.309 e. The molecule has 0 spiro atoms. The molecular formula is C15H12ClN3O. The summed E-state index contributed by atoms with van der Waals surface area (Å²) in [5, 5.41) is 3.45. The van der Waals surface area contributed by atoms with Gasteiger partial charge in [0.25, 0.3) is 0 Å². The molecule has 0 saturated heterocycles. The number of aromatic nitrogens is 2. The van der Waals surface area contributed by atoms with E-state index in [0.29, 0.717) is 17.3 Å². The Morgan fingerprint density at radius 1 is 1.20 bits per heavy atom. The molecule has 0 fully saturated rings. The highest BCUT2D eigenvalue weighted by Crippen LogP contribution is 2.12. The van der Waals surface area contributed by atoms with Crippen LogP contribution in [0.1, 0.15) is 5.56 Å². The molecule has 3 aromatic rings. The summed E-state index contributed by atoms with van der Waals surface area (Å²) >= 11 is 5.81. The number of nitrogens with one attached hydrogen (secondary N) is 1. The third-order valence-corrected chi connectivity index (χ3v) is 3.16. The molecule has 20 heavy (non-hydrogen) atoms. The molecule has 2 aromatic heterocycles. The van der Waals surface area contributed by atoms with Crippen molar-refractivity contribution >= 4 is 29.0 Å². The molecule has 2 heterocycles. The number of fused-ring (bicyclic) bond motifs is 1. The van der Waals surface area contributed by atoms with Gasteiger partial charge in [0.05, 0.1) is 12.6 Å². The Kier molecular flexibility index (Phi) is 3.39. The summed E-state index contributed by atoms with van der Waals surface area (Å²) in [7, 11) is 0. The van der Waals surface area contributed by atoms with E-state index in [4.69, 9.17) is 11.6 Å². The zero-order valence-corrected chi connectivity index (χ0v) is 11.3. The van der Waals surface area contributed by atoms with Gasteiger partial charge in [-0.25, -0.2) is 4.98 Å². The fourth-order valence-corrected chi connectivity index (χ4v) is 2.10. The van der Waals surface area contributed by atoms with Crippen molar-refractivity contribution in [3.8, 4) is 0 Å². The molecule has 0 saturated carbocycles. The lowest BCUT2D eigenvalue weighted by molar-refractivity contribution is -0.115. The number of imidazole rings is 1. The van der Waals surface area contributed by atoms with Gasteiger partial charge >= 0.3 is 0 Å². The van der Waals surface area contributed by atoms with Crippen molar-refractivity contribution in [2.45, 2.75) is 6.42 Å². The second-order valence-electron chi connectivity index (χ2n) is 4.44. The van der Waals surface area contributed by atoms with Crippen molar-refractivity contribution in [3.05, 3.63) is 65.4 Å².